The highest BCUT2D eigenvalue weighted by atomic mass is 16.6. The summed E-state index contributed by atoms with van der Waals surface area (Å²) in [6.45, 7) is 5.86. The molecule has 0 aromatic heterocycles. The highest BCUT2D eigenvalue weighted by Crippen LogP contribution is 2.08. The molecule has 0 spiro atoms. The fourth-order valence-corrected chi connectivity index (χ4v) is 1.35. The average molecular weight is 214 g/mol. The van der Waals surface area contributed by atoms with Crippen molar-refractivity contribution < 1.29 is 14.3 Å². The number of nitrogens with one attached hydrogen (secondary N) is 2. The Morgan fingerprint density at radius 1 is 1.60 bits per heavy atom. The van der Waals surface area contributed by atoms with Gasteiger partial charge in [0.05, 0.1) is 0 Å². The van der Waals surface area contributed by atoms with Crippen LogP contribution in [-0.4, -0.2) is 30.2 Å². The maximum atomic E-state index is 11.3. The molecule has 0 aliphatic carbocycles. The maximum absolute atomic E-state index is 11.3. The molecule has 5 heteroatoms. The third-order valence-corrected chi connectivity index (χ3v) is 1.98. The first-order valence-electron chi connectivity index (χ1n) is 5.13. The minimum Gasteiger partial charge on any atom is -0.444 e. The number of amides is 2. The molecule has 86 valence electrons. The Kier molecular flexibility index (Phi) is 3.55. The molecule has 0 aromatic rings. The van der Waals surface area contributed by atoms with Crippen LogP contribution in [0.25, 0.3) is 0 Å². The van der Waals surface area contributed by atoms with E-state index in [1.54, 1.807) is 0 Å². The highest BCUT2D eigenvalue weighted by Gasteiger charge is 2.22. The Morgan fingerprint density at radius 2 is 2.27 bits per heavy atom. The summed E-state index contributed by atoms with van der Waals surface area (Å²) in [4.78, 5) is 22.1. The monoisotopic (exact) mass is 214 g/mol. The van der Waals surface area contributed by atoms with Crippen molar-refractivity contribution in [1.29, 1.82) is 0 Å². The first-order valence-corrected chi connectivity index (χ1v) is 5.13. The Bertz CT molecular complexity index is 258. The minimum absolute atomic E-state index is 0.0463. The van der Waals surface area contributed by atoms with Gasteiger partial charge in [0.15, 0.2) is 0 Å². The van der Waals surface area contributed by atoms with E-state index in [1.165, 1.54) is 0 Å². The molecule has 2 N–H and O–H groups in total. The second kappa shape index (κ2) is 4.51. The number of carbonyl (C=O) groups is 2. The summed E-state index contributed by atoms with van der Waals surface area (Å²) in [5.41, 5.74) is -0.483. The first-order chi connectivity index (χ1) is 6.87. The van der Waals surface area contributed by atoms with Crippen LogP contribution in [0.3, 0.4) is 0 Å². The summed E-state index contributed by atoms with van der Waals surface area (Å²) in [5, 5.41) is 5.39. The summed E-state index contributed by atoms with van der Waals surface area (Å²) >= 11 is 0. The van der Waals surface area contributed by atoms with Gasteiger partial charge in [-0.1, -0.05) is 0 Å². The van der Waals surface area contributed by atoms with Crippen LogP contribution in [0.5, 0.6) is 0 Å². The molecule has 0 aromatic carbocycles. The Labute approximate surface area is 89.6 Å². The van der Waals surface area contributed by atoms with Crippen LogP contribution in [-0.2, 0) is 9.53 Å². The van der Waals surface area contributed by atoms with Crippen molar-refractivity contribution in [3.05, 3.63) is 0 Å². The summed E-state index contributed by atoms with van der Waals surface area (Å²) < 4.78 is 5.06. The quantitative estimate of drug-likeness (QED) is 0.714. The number of alkyl carbamates (subject to hydrolysis) is 1. The Hall–Kier alpha value is -1.26. The van der Waals surface area contributed by atoms with Gasteiger partial charge in [-0.25, -0.2) is 4.79 Å². The summed E-state index contributed by atoms with van der Waals surface area (Å²) in [7, 11) is 0. The molecule has 1 aliphatic heterocycles. The third-order valence-electron chi connectivity index (χ3n) is 1.98. The molecule has 0 unspecified atom stereocenters. The van der Waals surface area contributed by atoms with E-state index in [9.17, 15) is 9.59 Å². The van der Waals surface area contributed by atoms with Crippen molar-refractivity contribution in [2.75, 3.05) is 6.54 Å². The standard InChI is InChI=1S/C10H18N2O3/c1-10(2,3)15-9(14)11-6-7-4-5-8(13)12-7/h7H,4-6H2,1-3H3,(H,11,14)(H,12,13)/t7-/m1/s1. The molecular weight excluding hydrogens is 196 g/mol. The van der Waals surface area contributed by atoms with Crippen LogP contribution in [0, 0.1) is 0 Å². The van der Waals surface area contributed by atoms with E-state index >= 15 is 0 Å². The van der Waals surface area contributed by atoms with Gasteiger partial charge < -0.3 is 15.4 Å². The predicted octanol–water partition coefficient (Wildman–Crippen LogP) is 0.790. The zero-order valence-corrected chi connectivity index (χ0v) is 9.42. The van der Waals surface area contributed by atoms with Crippen LogP contribution in [0.2, 0.25) is 0 Å². The van der Waals surface area contributed by atoms with Crippen molar-refractivity contribution in [3.63, 3.8) is 0 Å². The van der Waals surface area contributed by atoms with Gasteiger partial charge in [-0.05, 0) is 27.2 Å². The van der Waals surface area contributed by atoms with E-state index in [1.807, 2.05) is 20.8 Å². The molecule has 1 saturated heterocycles. The van der Waals surface area contributed by atoms with Crippen molar-refractivity contribution in [2.24, 2.45) is 0 Å². The second-order valence-corrected chi connectivity index (χ2v) is 4.69. The van der Waals surface area contributed by atoms with E-state index in [0.717, 1.165) is 6.42 Å². The van der Waals surface area contributed by atoms with Gasteiger partial charge >= 0.3 is 6.09 Å². The van der Waals surface area contributed by atoms with Gasteiger partial charge in [0.25, 0.3) is 0 Å². The number of hydrogen-bond acceptors (Lipinski definition) is 3. The van der Waals surface area contributed by atoms with Gasteiger partial charge in [0.2, 0.25) is 5.91 Å². The lowest BCUT2D eigenvalue weighted by Crippen LogP contribution is -2.40. The van der Waals surface area contributed by atoms with E-state index in [4.69, 9.17) is 4.74 Å². The zero-order valence-electron chi connectivity index (χ0n) is 9.42. The molecule has 0 saturated carbocycles. The molecular formula is C10H18N2O3. The van der Waals surface area contributed by atoms with E-state index < -0.39 is 11.7 Å². The lowest BCUT2D eigenvalue weighted by molar-refractivity contribution is -0.119. The number of ether oxygens (including phenoxy) is 1. The molecule has 0 radical (unpaired) electrons. The second-order valence-electron chi connectivity index (χ2n) is 4.69. The lowest BCUT2D eigenvalue weighted by Gasteiger charge is -2.20. The molecule has 15 heavy (non-hydrogen) atoms. The van der Waals surface area contributed by atoms with Crippen molar-refractivity contribution >= 4 is 12.0 Å². The maximum Gasteiger partial charge on any atom is 0.407 e. The molecule has 0 bridgehead atoms. The normalized spacial score (nSPS) is 21.0. The average Bonchev–Trinajstić information content (AvgIpc) is 2.45. The van der Waals surface area contributed by atoms with Gasteiger partial charge in [0, 0.05) is 19.0 Å². The number of hydrogen-bond donors (Lipinski definition) is 2. The molecule has 1 heterocycles. The minimum atomic E-state index is -0.483. The fraction of sp³-hybridized carbons (Fsp3) is 0.800. The van der Waals surface area contributed by atoms with Gasteiger partial charge in [-0.15, -0.1) is 0 Å². The summed E-state index contributed by atoms with van der Waals surface area (Å²) in [5.74, 6) is 0.0472. The van der Waals surface area contributed by atoms with Gasteiger partial charge in [-0.2, -0.15) is 0 Å². The predicted molar refractivity (Wildman–Crippen MR) is 55.4 cm³/mol. The highest BCUT2D eigenvalue weighted by molar-refractivity contribution is 5.78. The van der Waals surface area contributed by atoms with Crippen LogP contribution in [0.4, 0.5) is 4.79 Å². The molecule has 2 amide bonds. The van der Waals surface area contributed by atoms with Crippen molar-refractivity contribution in [2.45, 2.75) is 45.3 Å². The Morgan fingerprint density at radius 3 is 2.73 bits per heavy atom. The summed E-state index contributed by atoms with van der Waals surface area (Å²) in [6.07, 6.45) is 0.874. The SMILES string of the molecule is CC(C)(C)OC(=O)NC[C@H]1CCC(=O)N1. The number of carbonyl (C=O) groups excluding carboxylic acids is 2. The van der Waals surface area contributed by atoms with Crippen LogP contribution in [0.1, 0.15) is 33.6 Å². The Balaban J connectivity index is 2.20. The van der Waals surface area contributed by atoms with E-state index in [0.29, 0.717) is 13.0 Å². The topological polar surface area (TPSA) is 67.4 Å². The molecule has 1 aliphatic rings. The number of rotatable bonds is 2. The van der Waals surface area contributed by atoms with Gasteiger partial charge in [0.1, 0.15) is 5.60 Å². The van der Waals surface area contributed by atoms with Crippen LogP contribution < -0.4 is 10.6 Å². The molecule has 5 nitrogen and oxygen atoms in total. The van der Waals surface area contributed by atoms with Crippen LogP contribution in [0.15, 0.2) is 0 Å². The van der Waals surface area contributed by atoms with Crippen molar-refractivity contribution in [1.82, 2.24) is 10.6 Å². The molecule has 1 atom stereocenters. The smallest absolute Gasteiger partial charge is 0.407 e. The molecule has 1 rings (SSSR count). The first kappa shape index (κ1) is 11.8. The van der Waals surface area contributed by atoms with E-state index in [-0.39, 0.29) is 11.9 Å². The lowest BCUT2D eigenvalue weighted by atomic mass is 10.2. The molecule has 1 fully saturated rings. The zero-order chi connectivity index (χ0) is 11.5. The summed E-state index contributed by atoms with van der Waals surface area (Å²) in [6, 6.07) is 0.0463. The van der Waals surface area contributed by atoms with Crippen LogP contribution >= 0.6 is 0 Å². The third kappa shape index (κ3) is 4.67. The van der Waals surface area contributed by atoms with E-state index in [2.05, 4.69) is 10.6 Å². The van der Waals surface area contributed by atoms with Gasteiger partial charge in [-0.3, -0.25) is 4.79 Å². The van der Waals surface area contributed by atoms with Crippen molar-refractivity contribution in [3.8, 4) is 0 Å². The largest absolute Gasteiger partial charge is 0.444 e. The fourth-order valence-electron chi connectivity index (χ4n) is 1.35.